The molecule has 0 aliphatic heterocycles. The molecule has 0 spiro atoms. The maximum absolute atomic E-state index is 13.0. The summed E-state index contributed by atoms with van der Waals surface area (Å²) in [5.74, 6) is -1.62. The van der Waals surface area contributed by atoms with Gasteiger partial charge in [-0.1, -0.05) is 20.8 Å². The summed E-state index contributed by atoms with van der Waals surface area (Å²) in [5.41, 5.74) is -0.704. The van der Waals surface area contributed by atoms with Crippen molar-refractivity contribution in [1.82, 2.24) is 34.8 Å². The quantitative estimate of drug-likeness (QED) is 0.517. The molecule has 1 aliphatic carbocycles. The molecule has 0 unspecified atom stereocenters. The lowest BCUT2D eigenvalue weighted by Gasteiger charge is -2.23. The van der Waals surface area contributed by atoms with Gasteiger partial charge in [-0.3, -0.25) is 28.9 Å². The highest BCUT2D eigenvalue weighted by atomic mass is 16.3. The van der Waals surface area contributed by atoms with E-state index in [0.717, 1.165) is 17.4 Å². The Kier molecular flexibility index (Phi) is 5.41. The second-order valence-corrected chi connectivity index (χ2v) is 9.08. The van der Waals surface area contributed by atoms with Gasteiger partial charge in [0.1, 0.15) is 5.65 Å². The standard InChI is InChI=1S/C21H25N7O4/c1-21(2,3)11-27-15-8-14(17(29)24-10-13-9-22-6-7-23-13)26-28(15)20(32)16(19(27)31)18(30)25-12-4-5-12/h6-9,12,31H,4-5,10-11H2,1-3H3,(H,24,29)(H,25,30). The van der Waals surface area contributed by atoms with Crippen molar-refractivity contribution in [3.05, 3.63) is 52.0 Å². The van der Waals surface area contributed by atoms with Crippen molar-refractivity contribution in [2.75, 3.05) is 0 Å². The molecule has 0 saturated heterocycles. The van der Waals surface area contributed by atoms with Crippen LogP contribution >= 0.6 is 0 Å². The Bertz CT molecular complexity index is 1240. The summed E-state index contributed by atoms with van der Waals surface area (Å²) in [5, 5.41) is 20.4. The van der Waals surface area contributed by atoms with Gasteiger partial charge < -0.3 is 15.7 Å². The van der Waals surface area contributed by atoms with Crippen LogP contribution in [0.4, 0.5) is 0 Å². The predicted octanol–water partition coefficient (Wildman–Crippen LogP) is 0.860. The summed E-state index contributed by atoms with van der Waals surface area (Å²) < 4.78 is 2.43. The number of fused-ring (bicyclic) bond motifs is 1. The van der Waals surface area contributed by atoms with Crippen molar-refractivity contribution in [2.24, 2.45) is 5.41 Å². The minimum absolute atomic E-state index is 0.00751. The van der Waals surface area contributed by atoms with Gasteiger partial charge in [-0.25, -0.2) is 0 Å². The number of carbonyl (C=O) groups is 2. The summed E-state index contributed by atoms with van der Waals surface area (Å²) >= 11 is 0. The molecule has 11 nitrogen and oxygen atoms in total. The van der Waals surface area contributed by atoms with Crippen molar-refractivity contribution in [1.29, 1.82) is 0 Å². The van der Waals surface area contributed by atoms with Gasteiger partial charge in [0.2, 0.25) is 5.88 Å². The molecule has 2 amide bonds. The van der Waals surface area contributed by atoms with Gasteiger partial charge in [0, 0.05) is 31.0 Å². The van der Waals surface area contributed by atoms with Crippen molar-refractivity contribution >= 4 is 17.5 Å². The number of aromatic nitrogens is 5. The average molecular weight is 439 g/mol. The van der Waals surface area contributed by atoms with E-state index in [1.165, 1.54) is 29.2 Å². The smallest absolute Gasteiger partial charge is 0.291 e. The van der Waals surface area contributed by atoms with Crippen LogP contribution < -0.4 is 16.2 Å². The van der Waals surface area contributed by atoms with E-state index in [1.807, 2.05) is 20.8 Å². The summed E-state index contributed by atoms with van der Waals surface area (Å²) in [6, 6.07) is 1.43. The first-order chi connectivity index (χ1) is 15.1. The summed E-state index contributed by atoms with van der Waals surface area (Å²) in [6.07, 6.45) is 6.24. The van der Waals surface area contributed by atoms with Gasteiger partial charge in [-0.2, -0.15) is 9.61 Å². The Hall–Kier alpha value is -3.76. The van der Waals surface area contributed by atoms with Gasteiger partial charge in [0.05, 0.1) is 18.4 Å². The zero-order valence-electron chi connectivity index (χ0n) is 18.1. The van der Waals surface area contributed by atoms with Crippen LogP contribution in [0.5, 0.6) is 5.88 Å². The number of rotatable bonds is 6. The van der Waals surface area contributed by atoms with Crippen LogP contribution in [0.3, 0.4) is 0 Å². The first kappa shape index (κ1) is 21.5. The molecule has 32 heavy (non-hydrogen) atoms. The third-order valence-electron chi connectivity index (χ3n) is 4.90. The van der Waals surface area contributed by atoms with E-state index in [-0.39, 0.29) is 34.9 Å². The van der Waals surface area contributed by atoms with Gasteiger partial charge in [-0.15, -0.1) is 0 Å². The first-order valence-electron chi connectivity index (χ1n) is 10.3. The second-order valence-electron chi connectivity index (χ2n) is 9.08. The Labute approximate surface area is 183 Å². The van der Waals surface area contributed by atoms with Gasteiger partial charge in [-0.05, 0) is 18.3 Å². The molecule has 1 fully saturated rings. The molecule has 3 heterocycles. The van der Waals surface area contributed by atoms with Crippen LogP contribution in [0.15, 0.2) is 29.5 Å². The molecular formula is C21H25N7O4. The van der Waals surface area contributed by atoms with Crippen molar-refractivity contribution in [2.45, 2.75) is 52.7 Å². The third-order valence-corrected chi connectivity index (χ3v) is 4.90. The molecule has 0 bridgehead atoms. The molecule has 4 rings (SSSR count). The maximum atomic E-state index is 13.0. The minimum atomic E-state index is -0.784. The Morgan fingerprint density at radius 2 is 1.97 bits per heavy atom. The Morgan fingerprint density at radius 1 is 1.22 bits per heavy atom. The highest BCUT2D eigenvalue weighted by Crippen LogP contribution is 2.26. The predicted molar refractivity (Wildman–Crippen MR) is 114 cm³/mol. The molecule has 3 aromatic rings. The monoisotopic (exact) mass is 439 g/mol. The maximum Gasteiger partial charge on any atom is 0.291 e. The molecule has 0 radical (unpaired) electrons. The minimum Gasteiger partial charge on any atom is -0.494 e. The lowest BCUT2D eigenvalue weighted by atomic mass is 9.96. The fourth-order valence-electron chi connectivity index (χ4n) is 3.27. The molecule has 1 aliphatic rings. The normalized spacial score (nSPS) is 13.8. The van der Waals surface area contributed by atoms with E-state index in [4.69, 9.17) is 0 Å². The van der Waals surface area contributed by atoms with Crippen molar-refractivity contribution < 1.29 is 14.7 Å². The number of amides is 2. The van der Waals surface area contributed by atoms with Gasteiger partial charge >= 0.3 is 0 Å². The Morgan fingerprint density at radius 3 is 2.59 bits per heavy atom. The Balaban J connectivity index is 1.74. The second kappa shape index (κ2) is 8.06. The first-order valence-corrected chi connectivity index (χ1v) is 10.3. The average Bonchev–Trinajstić information content (AvgIpc) is 3.43. The highest BCUT2D eigenvalue weighted by Gasteiger charge is 2.30. The summed E-state index contributed by atoms with van der Waals surface area (Å²) in [7, 11) is 0. The molecule has 3 N–H and O–H groups in total. The van der Waals surface area contributed by atoms with E-state index in [0.29, 0.717) is 12.2 Å². The molecule has 168 valence electrons. The van der Waals surface area contributed by atoms with Gasteiger partial charge in [0.25, 0.3) is 17.4 Å². The van der Waals surface area contributed by atoms with E-state index in [9.17, 15) is 19.5 Å². The van der Waals surface area contributed by atoms with Crippen LogP contribution in [0.25, 0.3) is 5.65 Å². The van der Waals surface area contributed by atoms with Gasteiger partial charge in [0.15, 0.2) is 11.3 Å². The van der Waals surface area contributed by atoms with Crippen molar-refractivity contribution in [3.8, 4) is 5.88 Å². The molecule has 0 atom stereocenters. The largest absolute Gasteiger partial charge is 0.494 e. The summed E-state index contributed by atoms with van der Waals surface area (Å²) in [4.78, 5) is 46.4. The number of aromatic hydroxyl groups is 1. The van der Waals surface area contributed by atoms with Crippen LogP contribution in [0.2, 0.25) is 0 Å². The van der Waals surface area contributed by atoms with E-state index >= 15 is 0 Å². The summed E-state index contributed by atoms with van der Waals surface area (Å²) in [6.45, 7) is 6.29. The van der Waals surface area contributed by atoms with Crippen LogP contribution in [-0.4, -0.2) is 47.1 Å². The number of hydrogen-bond donors (Lipinski definition) is 3. The number of nitrogens with zero attached hydrogens (tertiary/aromatic N) is 5. The number of carbonyl (C=O) groups excluding carboxylic acids is 2. The molecular weight excluding hydrogens is 414 g/mol. The van der Waals surface area contributed by atoms with Crippen LogP contribution in [-0.2, 0) is 13.1 Å². The fraction of sp³-hybridized carbons (Fsp3) is 0.429. The zero-order chi connectivity index (χ0) is 23.0. The number of nitrogens with one attached hydrogen (secondary N) is 2. The van der Waals surface area contributed by atoms with Crippen LogP contribution in [0.1, 0.15) is 60.2 Å². The highest BCUT2D eigenvalue weighted by molar-refractivity contribution is 5.97. The molecule has 3 aromatic heterocycles. The SMILES string of the molecule is CC(C)(C)Cn1c(O)c(C(=O)NC2CC2)c(=O)n2nc(C(=O)NCc3cnccn3)cc12. The van der Waals surface area contributed by atoms with Crippen LogP contribution in [0, 0.1) is 5.41 Å². The lowest BCUT2D eigenvalue weighted by molar-refractivity contribution is 0.0937. The topological polar surface area (TPSA) is 144 Å². The molecule has 1 saturated carbocycles. The van der Waals surface area contributed by atoms with Crippen molar-refractivity contribution in [3.63, 3.8) is 0 Å². The number of hydrogen-bond acceptors (Lipinski definition) is 7. The third kappa shape index (κ3) is 4.46. The van der Waals surface area contributed by atoms with E-state index < -0.39 is 23.3 Å². The fourth-order valence-corrected chi connectivity index (χ4v) is 3.27. The van der Waals surface area contributed by atoms with E-state index in [1.54, 1.807) is 0 Å². The zero-order valence-corrected chi connectivity index (χ0v) is 18.1. The molecule has 0 aromatic carbocycles. The molecule has 11 heteroatoms. The lowest BCUT2D eigenvalue weighted by Crippen LogP contribution is -2.35. The van der Waals surface area contributed by atoms with E-state index in [2.05, 4.69) is 25.7 Å².